The van der Waals surface area contributed by atoms with Gasteiger partial charge in [-0.15, -0.1) is 0 Å². The minimum Gasteiger partial charge on any atom is -0.311 e. The van der Waals surface area contributed by atoms with E-state index >= 15 is 0 Å². The molecule has 0 bridgehead atoms. The average molecular weight is 207 g/mol. The molecule has 84 valence electrons. The van der Waals surface area contributed by atoms with Gasteiger partial charge < -0.3 is 5.32 Å². The van der Waals surface area contributed by atoms with Crippen LogP contribution in [-0.2, 0) is 13.1 Å². The molecule has 0 amide bonds. The summed E-state index contributed by atoms with van der Waals surface area (Å²) >= 11 is 0. The number of aryl methyl sites for hydroxylation is 1. The molecule has 1 aliphatic carbocycles. The molecule has 0 saturated heterocycles. The minimum absolute atomic E-state index is 0.836. The van der Waals surface area contributed by atoms with Crippen LogP contribution in [-0.4, -0.2) is 16.3 Å². The number of nitrogens with one attached hydrogen (secondary N) is 1. The topological polar surface area (TPSA) is 29.9 Å². The smallest absolute Gasteiger partial charge is 0.0521 e. The van der Waals surface area contributed by atoms with Crippen LogP contribution in [0.25, 0.3) is 0 Å². The first-order valence-electron chi connectivity index (χ1n) is 6.02. The van der Waals surface area contributed by atoms with E-state index in [1.807, 2.05) is 6.20 Å². The van der Waals surface area contributed by atoms with Gasteiger partial charge in [-0.2, -0.15) is 5.10 Å². The first-order chi connectivity index (χ1) is 7.31. The first kappa shape index (κ1) is 10.7. The second-order valence-electron chi connectivity index (χ2n) is 4.58. The maximum Gasteiger partial charge on any atom is 0.0521 e. The van der Waals surface area contributed by atoms with Crippen LogP contribution in [0.15, 0.2) is 12.3 Å². The molecule has 0 aromatic carbocycles. The second kappa shape index (κ2) is 4.79. The van der Waals surface area contributed by atoms with Gasteiger partial charge in [0, 0.05) is 19.3 Å². The molecule has 1 aliphatic rings. The Hall–Kier alpha value is -0.830. The highest BCUT2D eigenvalue weighted by Gasteiger charge is 2.27. The van der Waals surface area contributed by atoms with Crippen LogP contribution in [0.5, 0.6) is 0 Å². The van der Waals surface area contributed by atoms with Crippen molar-refractivity contribution in [2.24, 2.45) is 11.8 Å². The molecule has 1 aromatic rings. The van der Waals surface area contributed by atoms with Gasteiger partial charge >= 0.3 is 0 Å². The Morgan fingerprint density at radius 3 is 3.07 bits per heavy atom. The van der Waals surface area contributed by atoms with Crippen molar-refractivity contribution in [1.82, 2.24) is 15.1 Å². The lowest BCUT2D eigenvalue weighted by molar-refractivity contribution is 0.453. The lowest BCUT2D eigenvalue weighted by Gasteiger charge is -2.11. The van der Waals surface area contributed by atoms with Crippen LogP contribution in [0.3, 0.4) is 0 Å². The largest absolute Gasteiger partial charge is 0.311 e. The van der Waals surface area contributed by atoms with Gasteiger partial charge in [-0.05, 0) is 44.2 Å². The number of hydrogen-bond donors (Lipinski definition) is 1. The summed E-state index contributed by atoms with van der Waals surface area (Å²) < 4.78 is 2.05. The van der Waals surface area contributed by atoms with Crippen molar-refractivity contribution in [2.45, 2.75) is 39.8 Å². The fourth-order valence-corrected chi connectivity index (χ4v) is 2.05. The van der Waals surface area contributed by atoms with Gasteiger partial charge in [0.2, 0.25) is 0 Å². The molecule has 0 radical (unpaired) electrons. The molecule has 1 saturated carbocycles. The van der Waals surface area contributed by atoms with Crippen molar-refractivity contribution >= 4 is 0 Å². The molecule has 3 nitrogen and oxygen atoms in total. The molecule has 0 aliphatic heterocycles. The van der Waals surface area contributed by atoms with Crippen molar-refractivity contribution in [3.8, 4) is 0 Å². The number of rotatable bonds is 6. The fraction of sp³-hybridized carbons (Fsp3) is 0.750. The van der Waals surface area contributed by atoms with E-state index < -0.39 is 0 Å². The average Bonchev–Trinajstić information content (AvgIpc) is 2.99. The van der Waals surface area contributed by atoms with Gasteiger partial charge in [-0.3, -0.25) is 4.68 Å². The summed E-state index contributed by atoms with van der Waals surface area (Å²) in [6.07, 6.45) is 4.76. The molecule has 1 atom stereocenters. The van der Waals surface area contributed by atoms with E-state index in [-0.39, 0.29) is 0 Å². The van der Waals surface area contributed by atoms with Gasteiger partial charge in [0.1, 0.15) is 0 Å². The third kappa shape index (κ3) is 2.81. The van der Waals surface area contributed by atoms with Crippen molar-refractivity contribution in [1.29, 1.82) is 0 Å². The van der Waals surface area contributed by atoms with Crippen LogP contribution in [0.4, 0.5) is 0 Å². The lowest BCUT2D eigenvalue weighted by Crippen LogP contribution is -2.23. The predicted molar refractivity (Wildman–Crippen MR) is 61.5 cm³/mol. The molecular weight excluding hydrogens is 186 g/mol. The summed E-state index contributed by atoms with van der Waals surface area (Å²) in [7, 11) is 0. The fourth-order valence-electron chi connectivity index (χ4n) is 2.05. The third-order valence-corrected chi connectivity index (χ3v) is 3.30. The quantitative estimate of drug-likeness (QED) is 0.773. The van der Waals surface area contributed by atoms with Gasteiger partial charge in [0.05, 0.1) is 5.69 Å². The zero-order chi connectivity index (χ0) is 10.7. The molecule has 3 heteroatoms. The van der Waals surface area contributed by atoms with Crippen LogP contribution < -0.4 is 5.32 Å². The molecule has 1 aromatic heterocycles. The molecule has 2 rings (SSSR count). The number of nitrogens with zero attached hydrogens (tertiary/aromatic N) is 2. The standard InChI is InChI=1S/C12H21N3/c1-3-15-12(6-7-14-15)9-13-8-10(2)11-4-5-11/h6-7,10-11,13H,3-5,8-9H2,1-2H3. The predicted octanol–water partition coefficient (Wildman–Crippen LogP) is 2.04. The van der Waals surface area contributed by atoms with Crippen molar-refractivity contribution in [3.05, 3.63) is 18.0 Å². The van der Waals surface area contributed by atoms with Gasteiger partial charge in [-0.25, -0.2) is 0 Å². The van der Waals surface area contributed by atoms with E-state index in [4.69, 9.17) is 0 Å². The van der Waals surface area contributed by atoms with Crippen LogP contribution in [0.2, 0.25) is 0 Å². The molecule has 1 heterocycles. The molecule has 0 spiro atoms. The van der Waals surface area contributed by atoms with E-state index in [1.54, 1.807) is 0 Å². The number of aromatic nitrogens is 2. The maximum atomic E-state index is 4.26. The maximum absolute atomic E-state index is 4.26. The molecule has 1 N–H and O–H groups in total. The van der Waals surface area contributed by atoms with Gasteiger partial charge in [0.15, 0.2) is 0 Å². The summed E-state index contributed by atoms with van der Waals surface area (Å²) in [5.41, 5.74) is 1.29. The Bertz CT molecular complexity index is 302. The molecule has 15 heavy (non-hydrogen) atoms. The van der Waals surface area contributed by atoms with E-state index in [0.717, 1.165) is 31.5 Å². The van der Waals surface area contributed by atoms with Crippen molar-refractivity contribution in [2.75, 3.05) is 6.54 Å². The molecule has 1 unspecified atom stereocenters. The summed E-state index contributed by atoms with van der Waals surface area (Å²) in [6, 6.07) is 2.10. The molecular formula is C12H21N3. The second-order valence-corrected chi connectivity index (χ2v) is 4.58. The normalized spacial score (nSPS) is 18.0. The monoisotopic (exact) mass is 207 g/mol. The Balaban J connectivity index is 1.72. The molecule has 1 fully saturated rings. The lowest BCUT2D eigenvalue weighted by atomic mass is 10.1. The summed E-state index contributed by atoms with van der Waals surface area (Å²) in [6.45, 7) is 7.53. The van der Waals surface area contributed by atoms with Crippen LogP contribution in [0, 0.1) is 11.8 Å². The van der Waals surface area contributed by atoms with E-state index in [9.17, 15) is 0 Å². The summed E-state index contributed by atoms with van der Waals surface area (Å²) in [4.78, 5) is 0. The zero-order valence-corrected chi connectivity index (χ0v) is 9.74. The summed E-state index contributed by atoms with van der Waals surface area (Å²) in [5, 5.41) is 7.78. The Morgan fingerprint density at radius 1 is 1.60 bits per heavy atom. The Labute approximate surface area is 91.9 Å². The van der Waals surface area contributed by atoms with Crippen molar-refractivity contribution in [3.63, 3.8) is 0 Å². The Morgan fingerprint density at radius 2 is 2.40 bits per heavy atom. The minimum atomic E-state index is 0.836. The van der Waals surface area contributed by atoms with Crippen molar-refractivity contribution < 1.29 is 0 Å². The highest BCUT2D eigenvalue weighted by Crippen LogP contribution is 2.36. The third-order valence-electron chi connectivity index (χ3n) is 3.30. The van der Waals surface area contributed by atoms with E-state index in [0.29, 0.717) is 0 Å². The zero-order valence-electron chi connectivity index (χ0n) is 9.74. The first-order valence-corrected chi connectivity index (χ1v) is 6.02. The van der Waals surface area contributed by atoms with Crippen LogP contribution in [0.1, 0.15) is 32.4 Å². The van der Waals surface area contributed by atoms with Gasteiger partial charge in [-0.1, -0.05) is 6.92 Å². The van der Waals surface area contributed by atoms with Crippen LogP contribution >= 0.6 is 0 Å². The van der Waals surface area contributed by atoms with E-state index in [2.05, 4.69) is 35.0 Å². The number of hydrogen-bond acceptors (Lipinski definition) is 2. The highest BCUT2D eigenvalue weighted by atomic mass is 15.3. The highest BCUT2D eigenvalue weighted by molar-refractivity contribution is 4.99. The van der Waals surface area contributed by atoms with E-state index in [1.165, 1.54) is 18.5 Å². The SMILES string of the molecule is CCn1nccc1CNCC(C)C1CC1. The van der Waals surface area contributed by atoms with Gasteiger partial charge in [0.25, 0.3) is 0 Å². The Kier molecular flexibility index (Phi) is 3.41. The summed E-state index contributed by atoms with van der Waals surface area (Å²) in [5.74, 6) is 1.83.